The van der Waals surface area contributed by atoms with Crippen LogP contribution in [0.4, 0.5) is 13.2 Å². The van der Waals surface area contributed by atoms with Crippen LogP contribution in [0.25, 0.3) is 50.2 Å². The summed E-state index contributed by atoms with van der Waals surface area (Å²) in [6.07, 6.45) is -2.53. The Morgan fingerprint density at radius 3 is 2.21 bits per heavy atom. The second kappa shape index (κ2) is 9.99. The van der Waals surface area contributed by atoms with Crippen LogP contribution in [-0.2, 0) is 16.0 Å². The van der Waals surface area contributed by atoms with Crippen LogP contribution >= 0.6 is 0 Å². The molecule has 0 saturated heterocycles. The molecule has 0 fully saturated rings. The average Bonchev–Trinajstić information content (AvgIpc) is 3.54. The molecule has 0 unspecified atom stereocenters. The fraction of sp³-hybridized carbons (Fsp3) is 0.125. The molecule has 0 spiro atoms. The number of imidazole rings is 1. The van der Waals surface area contributed by atoms with Crippen LogP contribution in [0, 0.1) is 13.8 Å². The van der Waals surface area contributed by atoms with Gasteiger partial charge in [0.2, 0.25) is 0 Å². The SMILES string of the molecule is Cc1nc(-c2cc(-c3cccc(S(C)(=O)=O)c3)ccc2-n2cc(C(F)(F)F)nc2C)c(-c2ccc3ccccc3c2)o1. The van der Waals surface area contributed by atoms with Crippen LogP contribution < -0.4 is 0 Å². The number of halogens is 3. The average molecular weight is 588 g/mol. The normalized spacial score (nSPS) is 12.2. The van der Waals surface area contributed by atoms with Crippen LogP contribution in [0.2, 0.25) is 0 Å². The smallest absolute Gasteiger partial charge is 0.434 e. The summed E-state index contributed by atoms with van der Waals surface area (Å²) >= 11 is 0. The van der Waals surface area contributed by atoms with E-state index in [1.54, 1.807) is 43.3 Å². The van der Waals surface area contributed by atoms with E-state index in [0.717, 1.165) is 28.8 Å². The maximum absolute atomic E-state index is 13.6. The molecule has 2 heterocycles. The number of hydrogen-bond donors (Lipinski definition) is 0. The number of fused-ring (bicyclic) bond motifs is 1. The number of oxazole rings is 1. The molecule has 0 atom stereocenters. The van der Waals surface area contributed by atoms with Gasteiger partial charge >= 0.3 is 6.18 Å². The van der Waals surface area contributed by atoms with E-state index < -0.39 is 21.7 Å². The summed E-state index contributed by atoms with van der Waals surface area (Å²) < 4.78 is 72.8. The van der Waals surface area contributed by atoms with Crippen LogP contribution in [0.15, 0.2) is 100 Å². The topological polar surface area (TPSA) is 78.0 Å². The number of nitrogens with zero attached hydrogens (tertiary/aromatic N) is 3. The minimum atomic E-state index is -4.62. The highest BCUT2D eigenvalue weighted by atomic mass is 32.2. The lowest BCUT2D eigenvalue weighted by atomic mass is 9.97. The molecule has 0 aliphatic rings. The van der Waals surface area contributed by atoms with E-state index >= 15 is 0 Å². The molecule has 212 valence electrons. The minimum absolute atomic E-state index is 0.142. The zero-order valence-electron chi connectivity index (χ0n) is 22.8. The summed E-state index contributed by atoms with van der Waals surface area (Å²) in [5.74, 6) is 0.972. The van der Waals surface area contributed by atoms with Gasteiger partial charge in [0.25, 0.3) is 0 Å². The number of aryl methyl sites for hydroxylation is 2. The predicted molar refractivity (Wildman–Crippen MR) is 155 cm³/mol. The Kier molecular flexibility index (Phi) is 6.53. The Balaban J connectivity index is 1.60. The van der Waals surface area contributed by atoms with Crippen molar-refractivity contribution < 1.29 is 26.0 Å². The van der Waals surface area contributed by atoms with Gasteiger partial charge in [-0.3, -0.25) is 0 Å². The minimum Gasteiger partial charge on any atom is -0.440 e. The summed E-state index contributed by atoms with van der Waals surface area (Å²) in [6.45, 7) is 3.21. The van der Waals surface area contributed by atoms with Gasteiger partial charge < -0.3 is 8.98 Å². The van der Waals surface area contributed by atoms with E-state index in [1.807, 2.05) is 42.5 Å². The monoisotopic (exact) mass is 587 g/mol. The van der Waals surface area contributed by atoms with Crippen molar-refractivity contribution in [3.05, 3.63) is 109 Å². The van der Waals surface area contributed by atoms with Crippen molar-refractivity contribution in [3.63, 3.8) is 0 Å². The molecule has 2 aromatic heterocycles. The van der Waals surface area contributed by atoms with Crippen molar-refractivity contribution >= 4 is 20.6 Å². The third kappa shape index (κ3) is 5.09. The largest absolute Gasteiger partial charge is 0.440 e. The van der Waals surface area contributed by atoms with Gasteiger partial charge in [-0.25, -0.2) is 18.4 Å². The predicted octanol–water partition coefficient (Wildman–Crippen LogP) is 8.05. The summed E-state index contributed by atoms with van der Waals surface area (Å²) in [5, 5.41) is 2.03. The lowest BCUT2D eigenvalue weighted by molar-refractivity contribution is -0.141. The van der Waals surface area contributed by atoms with Gasteiger partial charge in [-0.05, 0) is 59.2 Å². The second-order valence-electron chi connectivity index (χ2n) is 10.0. The summed E-state index contributed by atoms with van der Waals surface area (Å²) in [5.41, 5.74) is 2.34. The Labute approximate surface area is 240 Å². The van der Waals surface area contributed by atoms with Gasteiger partial charge in [0.15, 0.2) is 27.2 Å². The van der Waals surface area contributed by atoms with Crippen LogP contribution in [0.5, 0.6) is 0 Å². The van der Waals surface area contributed by atoms with E-state index in [0.29, 0.717) is 39.7 Å². The Morgan fingerprint density at radius 1 is 0.786 bits per heavy atom. The van der Waals surface area contributed by atoms with Crippen molar-refractivity contribution in [2.24, 2.45) is 0 Å². The molecule has 0 aliphatic heterocycles. The molecule has 4 aromatic carbocycles. The lowest BCUT2D eigenvalue weighted by Crippen LogP contribution is -2.05. The van der Waals surface area contributed by atoms with Crippen LogP contribution in [0.3, 0.4) is 0 Å². The molecular formula is C32H24F3N3O3S. The molecule has 10 heteroatoms. The number of hydrogen-bond acceptors (Lipinski definition) is 5. The molecule has 0 bridgehead atoms. The molecule has 0 saturated carbocycles. The quantitative estimate of drug-likeness (QED) is 0.204. The summed E-state index contributed by atoms with van der Waals surface area (Å²) in [4.78, 5) is 8.59. The van der Waals surface area contributed by atoms with E-state index in [1.165, 1.54) is 17.6 Å². The summed E-state index contributed by atoms with van der Waals surface area (Å²) in [7, 11) is -3.47. The number of aromatic nitrogens is 3. The zero-order valence-corrected chi connectivity index (χ0v) is 23.6. The van der Waals surface area contributed by atoms with Crippen molar-refractivity contribution in [1.82, 2.24) is 14.5 Å². The molecule has 0 N–H and O–H groups in total. The molecule has 42 heavy (non-hydrogen) atoms. The van der Waals surface area contributed by atoms with Gasteiger partial charge in [-0.1, -0.05) is 54.6 Å². The zero-order chi connectivity index (χ0) is 29.8. The third-order valence-electron chi connectivity index (χ3n) is 7.03. The number of rotatable bonds is 5. The Hall–Kier alpha value is -4.70. The highest BCUT2D eigenvalue weighted by molar-refractivity contribution is 7.90. The van der Waals surface area contributed by atoms with Gasteiger partial charge in [0.05, 0.1) is 10.6 Å². The highest BCUT2D eigenvalue weighted by Gasteiger charge is 2.35. The molecule has 6 aromatic rings. The van der Waals surface area contributed by atoms with Crippen molar-refractivity contribution in [2.45, 2.75) is 24.9 Å². The van der Waals surface area contributed by atoms with Gasteiger partial charge in [0, 0.05) is 30.5 Å². The number of benzene rings is 4. The van der Waals surface area contributed by atoms with E-state index in [9.17, 15) is 21.6 Å². The first-order chi connectivity index (χ1) is 19.9. The Bertz CT molecular complexity index is 2090. The van der Waals surface area contributed by atoms with E-state index in [-0.39, 0.29) is 10.7 Å². The van der Waals surface area contributed by atoms with Crippen molar-refractivity contribution in [1.29, 1.82) is 0 Å². The van der Waals surface area contributed by atoms with Crippen LogP contribution in [-0.4, -0.2) is 29.2 Å². The van der Waals surface area contributed by atoms with E-state index in [4.69, 9.17) is 4.42 Å². The first kappa shape index (κ1) is 27.5. The maximum atomic E-state index is 13.6. The summed E-state index contributed by atoms with van der Waals surface area (Å²) in [6, 6.07) is 25.4. The number of sulfone groups is 1. The van der Waals surface area contributed by atoms with Gasteiger partial charge in [0.1, 0.15) is 11.5 Å². The fourth-order valence-corrected chi connectivity index (χ4v) is 5.68. The maximum Gasteiger partial charge on any atom is 0.434 e. The molecule has 6 nitrogen and oxygen atoms in total. The van der Waals surface area contributed by atoms with Gasteiger partial charge in [-0.2, -0.15) is 13.2 Å². The first-order valence-electron chi connectivity index (χ1n) is 12.9. The first-order valence-corrected chi connectivity index (χ1v) is 14.8. The van der Waals surface area contributed by atoms with Gasteiger partial charge in [-0.15, -0.1) is 0 Å². The lowest BCUT2D eigenvalue weighted by Gasteiger charge is -2.14. The fourth-order valence-electron chi connectivity index (χ4n) is 5.01. The highest BCUT2D eigenvalue weighted by Crippen LogP contribution is 2.40. The van der Waals surface area contributed by atoms with Crippen molar-refractivity contribution in [3.8, 4) is 39.4 Å². The molecular weight excluding hydrogens is 563 g/mol. The third-order valence-corrected chi connectivity index (χ3v) is 8.14. The van der Waals surface area contributed by atoms with Crippen molar-refractivity contribution in [2.75, 3.05) is 6.26 Å². The molecule has 0 aliphatic carbocycles. The van der Waals surface area contributed by atoms with E-state index in [2.05, 4.69) is 9.97 Å². The Morgan fingerprint density at radius 2 is 1.50 bits per heavy atom. The van der Waals surface area contributed by atoms with Crippen LogP contribution in [0.1, 0.15) is 17.4 Å². The molecule has 0 radical (unpaired) electrons. The number of alkyl halides is 3. The standard InChI is InChI=1S/C32H24F3N3O3S/c1-19-36-29(32(33,34)35)18-38(19)28-14-13-24(23-9-6-10-26(16-23)42(3,39)40)17-27(28)30-31(41-20(2)37-30)25-12-11-21-7-4-5-8-22(21)15-25/h4-18H,1-3H3. The molecule has 6 rings (SSSR count). The molecule has 0 amide bonds. The second-order valence-corrected chi connectivity index (χ2v) is 12.1.